The van der Waals surface area contributed by atoms with Gasteiger partial charge in [-0.2, -0.15) is 0 Å². The summed E-state index contributed by atoms with van der Waals surface area (Å²) in [4.78, 5) is 12.3. The molecule has 0 spiro atoms. The van der Waals surface area contributed by atoms with Gasteiger partial charge in [0.2, 0.25) is 0 Å². The fourth-order valence-corrected chi connectivity index (χ4v) is 1.45. The van der Waals surface area contributed by atoms with Gasteiger partial charge in [0.15, 0.2) is 17.5 Å². The second kappa shape index (κ2) is 3.93. The quantitative estimate of drug-likeness (QED) is 0.500. The van der Waals surface area contributed by atoms with Crippen LogP contribution in [0.4, 0.5) is 18.9 Å². The molecule has 1 heterocycles. The number of halogens is 3. The van der Waals surface area contributed by atoms with E-state index in [2.05, 4.69) is 4.98 Å². The minimum absolute atomic E-state index is 0.202. The minimum atomic E-state index is -1.66. The summed E-state index contributed by atoms with van der Waals surface area (Å²) in [7, 11) is 0. The molecule has 17 heavy (non-hydrogen) atoms. The summed E-state index contributed by atoms with van der Waals surface area (Å²) >= 11 is 0. The third-order valence-electron chi connectivity index (χ3n) is 2.23. The predicted molar refractivity (Wildman–Crippen MR) is 52.8 cm³/mol. The van der Waals surface area contributed by atoms with Crippen LogP contribution in [-0.4, -0.2) is 9.91 Å². The molecule has 1 aromatic heterocycles. The van der Waals surface area contributed by atoms with Crippen molar-refractivity contribution in [3.05, 3.63) is 52.0 Å². The topological polar surface area (TPSA) is 58.9 Å². The highest BCUT2D eigenvalue weighted by atomic mass is 19.2. The molecule has 1 aromatic carbocycles. The molecule has 0 unspecified atom stereocenters. The monoisotopic (exact) mass is 242 g/mol. The van der Waals surface area contributed by atoms with E-state index in [4.69, 9.17) is 0 Å². The number of hydrogen-bond acceptors (Lipinski definition) is 2. The number of nitrogens with one attached hydrogen (secondary N) is 1. The third kappa shape index (κ3) is 1.75. The molecular weight excluding hydrogens is 237 g/mol. The fourth-order valence-electron chi connectivity index (χ4n) is 1.45. The summed E-state index contributed by atoms with van der Waals surface area (Å²) in [5, 5.41) is 10.6. The Morgan fingerprint density at radius 2 is 1.82 bits per heavy atom. The molecule has 0 saturated carbocycles. The van der Waals surface area contributed by atoms with Gasteiger partial charge in [0, 0.05) is 17.8 Å². The first kappa shape index (κ1) is 11.2. The normalized spacial score (nSPS) is 10.5. The van der Waals surface area contributed by atoms with Gasteiger partial charge in [0.25, 0.3) is 5.69 Å². The first-order valence-corrected chi connectivity index (χ1v) is 4.48. The Morgan fingerprint density at radius 1 is 1.12 bits per heavy atom. The van der Waals surface area contributed by atoms with Gasteiger partial charge < -0.3 is 4.98 Å². The molecule has 4 nitrogen and oxygen atoms in total. The number of hydrogen-bond donors (Lipinski definition) is 1. The first-order valence-electron chi connectivity index (χ1n) is 4.48. The van der Waals surface area contributed by atoms with Gasteiger partial charge in [-0.05, 0) is 12.1 Å². The van der Waals surface area contributed by atoms with E-state index in [1.54, 1.807) is 0 Å². The van der Waals surface area contributed by atoms with Crippen molar-refractivity contribution in [2.75, 3.05) is 0 Å². The van der Waals surface area contributed by atoms with Gasteiger partial charge in [-0.3, -0.25) is 10.1 Å². The lowest BCUT2D eigenvalue weighted by Crippen LogP contribution is -1.96. The highest BCUT2D eigenvalue weighted by Gasteiger charge is 2.22. The van der Waals surface area contributed by atoms with Crippen LogP contribution in [0.5, 0.6) is 0 Å². The van der Waals surface area contributed by atoms with Crippen LogP contribution in [0.15, 0.2) is 24.4 Å². The number of nitrogens with zero attached hydrogens (tertiary/aromatic N) is 1. The van der Waals surface area contributed by atoms with Crippen LogP contribution >= 0.6 is 0 Å². The Hall–Kier alpha value is -2.31. The Bertz CT molecular complexity index is 595. The predicted octanol–water partition coefficient (Wildman–Crippen LogP) is 3.01. The fraction of sp³-hybridized carbons (Fsp3) is 0. The zero-order chi connectivity index (χ0) is 12.6. The van der Waals surface area contributed by atoms with Crippen LogP contribution < -0.4 is 0 Å². The van der Waals surface area contributed by atoms with Crippen molar-refractivity contribution in [3.63, 3.8) is 0 Å². The molecule has 2 rings (SSSR count). The SMILES string of the molecule is O=[N+]([O-])c1cc[nH]c1-c1ccc(F)c(F)c1F. The van der Waals surface area contributed by atoms with E-state index < -0.39 is 28.1 Å². The lowest BCUT2D eigenvalue weighted by Gasteiger charge is -2.02. The lowest BCUT2D eigenvalue weighted by molar-refractivity contribution is -0.384. The molecule has 88 valence electrons. The number of nitro groups is 1. The summed E-state index contributed by atoms with van der Waals surface area (Å²) in [5.41, 5.74) is -0.998. The molecule has 0 atom stereocenters. The zero-order valence-corrected chi connectivity index (χ0v) is 8.21. The molecule has 0 aliphatic carbocycles. The Kier molecular flexibility index (Phi) is 2.58. The minimum Gasteiger partial charge on any atom is -0.355 e. The van der Waals surface area contributed by atoms with E-state index in [9.17, 15) is 23.3 Å². The first-order chi connectivity index (χ1) is 8.02. The van der Waals surface area contributed by atoms with Crippen LogP contribution in [0.25, 0.3) is 11.3 Å². The summed E-state index contributed by atoms with van der Waals surface area (Å²) < 4.78 is 39.1. The molecule has 0 radical (unpaired) electrons. The molecule has 0 aliphatic heterocycles. The molecule has 1 N–H and O–H groups in total. The number of H-pyrrole nitrogens is 1. The maximum Gasteiger partial charge on any atom is 0.294 e. The van der Waals surface area contributed by atoms with Gasteiger partial charge in [-0.15, -0.1) is 0 Å². The van der Waals surface area contributed by atoms with Gasteiger partial charge in [0.1, 0.15) is 5.69 Å². The smallest absolute Gasteiger partial charge is 0.294 e. The van der Waals surface area contributed by atoms with Crippen LogP contribution in [-0.2, 0) is 0 Å². The third-order valence-corrected chi connectivity index (χ3v) is 2.23. The van der Waals surface area contributed by atoms with Gasteiger partial charge in [-0.25, -0.2) is 13.2 Å². The van der Waals surface area contributed by atoms with Crippen molar-refractivity contribution >= 4 is 5.69 Å². The van der Waals surface area contributed by atoms with Crippen molar-refractivity contribution in [2.24, 2.45) is 0 Å². The van der Waals surface area contributed by atoms with Gasteiger partial charge in [-0.1, -0.05) is 0 Å². The zero-order valence-electron chi connectivity index (χ0n) is 8.21. The highest BCUT2D eigenvalue weighted by Crippen LogP contribution is 2.31. The second-order valence-electron chi connectivity index (χ2n) is 3.22. The number of aromatic amines is 1. The maximum atomic E-state index is 13.4. The van der Waals surface area contributed by atoms with E-state index >= 15 is 0 Å². The largest absolute Gasteiger partial charge is 0.355 e. The molecule has 0 bridgehead atoms. The van der Waals surface area contributed by atoms with Crippen molar-refractivity contribution in [1.29, 1.82) is 0 Å². The number of aromatic nitrogens is 1. The van der Waals surface area contributed by atoms with Gasteiger partial charge in [0.05, 0.1) is 4.92 Å². The van der Waals surface area contributed by atoms with E-state index in [0.717, 1.165) is 12.1 Å². The number of benzene rings is 1. The van der Waals surface area contributed by atoms with Crippen LogP contribution in [0.1, 0.15) is 0 Å². The van der Waals surface area contributed by atoms with E-state index in [1.165, 1.54) is 6.20 Å². The lowest BCUT2D eigenvalue weighted by atomic mass is 10.1. The molecule has 7 heteroatoms. The van der Waals surface area contributed by atoms with Gasteiger partial charge >= 0.3 is 0 Å². The van der Waals surface area contributed by atoms with E-state index in [1.807, 2.05) is 0 Å². The molecule has 2 aromatic rings. The summed E-state index contributed by atoms with van der Waals surface area (Å²) in [6, 6.07) is 2.75. The molecule has 0 aliphatic rings. The Morgan fingerprint density at radius 3 is 2.47 bits per heavy atom. The maximum absolute atomic E-state index is 13.4. The Labute approximate surface area is 92.8 Å². The van der Waals surface area contributed by atoms with Crippen LogP contribution in [0.3, 0.4) is 0 Å². The molecule has 0 fully saturated rings. The van der Waals surface area contributed by atoms with Crippen molar-refractivity contribution in [2.45, 2.75) is 0 Å². The van der Waals surface area contributed by atoms with E-state index in [0.29, 0.717) is 6.07 Å². The van der Waals surface area contributed by atoms with Crippen LogP contribution in [0.2, 0.25) is 0 Å². The molecule has 0 saturated heterocycles. The van der Waals surface area contributed by atoms with Crippen molar-refractivity contribution < 1.29 is 18.1 Å². The molecular formula is C10H5F3N2O2. The summed E-state index contributed by atoms with van der Waals surface area (Å²) in [6.45, 7) is 0. The average molecular weight is 242 g/mol. The summed E-state index contributed by atoms with van der Waals surface area (Å²) in [5.74, 6) is -4.47. The van der Waals surface area contributed by atoms with Crippen LogP contribution in [0, 0.1) is 27.6 Å². The number of rotatable bonds is 2. The Balaban J connectivity index is 2.65. The van der Waals surface area contributed by atoms with Crippen molar-refractivity contribution in [3.8, 4) is 11.3 Å². The molecule has 0 amide bonds. The highest BCUT2D eigenvalue weighted by molar-refractivity contribution is 5.70. The second-order valence-corrected chi connectivity index (χ2v) is 3.22. The standard InChI is InChI=1S/C10H5F3N2O2/c11-6-2-1-5(8(12)9(6)13)10-7(15(16)17)3-4-14-10/h1-4,14H. The average Bonchev–Trinajstić information content (AvgIpc) is 2.75. The summed E-state index contributed by atoms with van der Waals surface area (Å²) in [6.07, 6.45) is 1.22. The van der Waals surface area contributed by atoms with Crippen molar-refractivity contribution in [1.82, 2.24) is 4.98 Å². The van der Waals surface area contributed by atoms with E-state index in [-0.39, 0.29) is 11.3 Å².